The molecule has 0 unspecified atom stereocenters. The molecular formula is C18H16N2O5S. The first-order chi connectivity index (χ1) is 12.4. The summed E-state index contributed by atoms with van der Waals surface area (Å²) in [5, 5.41) is 4.35. The van der Waals surface area contributed by atoms with Gasteiger partial charge in [0.25, 0.3) is 5.91 Å². The van der Waals surface area contributed by atoms with Crippen LogP contribution in [-0.4, -0.2) is 41.7 Å². The number of carbonyl (C=O) groups is 4. The number of nitrogens with one attached hydrogen (secondary N) is 1. The second kappa shape index (κ2) is 7.09. The summed E-state index contributed by atoms with van der Waals surface area (Å²) in [7, 11) is 0. The van der Waals surface area contributed by atoms with E-state index in [4.69, 9.17) is 4.74 Å². The zero-order valence-corrected chi connectivity index (χ0v) is 14.7. The average Bonchev–Trinajstić information content (AvgIpc) is 3.25. The average molecular weight is 372 g/mol. The highest BCUT2D eigenvalue weighted by atomic mass is 32.1. The smallest absolute Gasteiger partial charge is 0.326 e. The molecule has 1 aromatic carbocycles. The number of urea groups is 1. The van der Waals surface area contributed by atoms with Crippen LogP contribution in [0, 0.1) is 0 Å². The van der Waals surface area contributed by atoms with Gasteiger partial charge in [-0.1, -0.05) is 36.4 Å². The van der Waals surface area contributed by atoms with Gasteiger partial charge in [0.1, 0.15) is 12.1 Å². The van der Waals surface area contributed by atoms with Crippen molar-refractivity contribution in [2.24, 2.45) is 0 Å². The minimum Gasteiger partial charge on any atom is -0.456 e. The number of nitrogens with zero attached hydrogens (tertiary/aromatic N) is 1. The number of carbonyl (C=O) groups excluding carboxylic acids is 4. The van der Waals surface area contributed by atoms with Gasteiger partial charge in [-0.3, -0.25) is 19.3 Å². The van der Waals surface area contributed by atoms with Crippen molar-refractivity contribution in [3.63, 3.8) is 0 Å². The maximum atomic E-state index is 12.7. The molecule has 8 heteroatoms. The van der Waals surface area contributed by atoms with E-state index in [0.29, 0.717) is 10.4 Å². The molecule has 1 atom stereocenters. The van der Waals surface area contributed by atoms with Crippen LogP contribution >= 0.6 is 11.3 Å². The van der Waals surface area contributed by atoms with E-state index < -0.39 is 36.6 Å². The molecule has 2 aromatic rings. The first kappa shape index (κ1) is 17.8. The number of Topliss-reactive ketones (excluding diaryl/α,β-unsaturated/α-hetero) is 1. The van der Waals surface area contributed by atoms with Gasteiger partial charge in [-0.05, 0) is 23.9 Å². The predicted molar refractivity (Wildman–Crippen MR) is 93.6 cm³/mol. The molecule has 26 heavy (non-hydrogen) atoms. The molecule has 1 N–H and O–H groups in total. The van der Waals surface area contributed by atoms with Gasteiger partial charge in [-0.2, -0.15) is 0 Å². The molecular weight excluding hydrogens is 356 g/mol. The fourth-order valence-corrected chi connectivity index (χ4v) is 3.29. The highest BCUT2D eigenvalue weighted by Gasteiger charge is 2.49. The van der Waals surface area contributed by atoms with E-state index in [-0.39, 0.29) is 5.78 Å². The van der Waals surface area contributed by atoms with Gasteiger partial charge in [0, 0.05) is 0 Å². The number of ether oxygens (including phenoxy) is 1. The SMILES string of the molecule is C[C@@]1(c2ccccc2)NC(=O)N(CC(=O)OCC(=O)c2cccs2)C1=O. The molecule has 0 radical (unpaired) electrons. The summed E-state index contributed by atoms with van der Waals surface area (Å²) in [6.07, 6.45) is 0. The highest BCUT2D eigenvalue weighted by molar-refractivity contribution is 7.12. The van der Waals surface area contributed by atoms with Gasteiger partial charge in [-0.25, -0.2) is 4.79 Å². The number of rotatable bonds is 6. The molecule has 2 heterocycles. The van der Waals surface area contributed by atoms with Crippen LogP contribution in [0.4, 0.5) is 4.79 Å². The summed E-state index contributed by atoms with van der Waals surface area (Å²) in [5.74, 6) is -1.70. The lowest BCUT2D eigenvalue weighted by molar-refractivity contribution is -0.146. The van der Waals surface area contributed by atoms with Crippen molar-refractivity contribution in [3.8, 4) is 0 Å². The molecule has 1 fully saturated rings. The second-order valence-electron chi connectivity index (χ2n) is 5.87. The van der Waals surface area contributed by atoms with Crippen molar-refractivity contribution in [3.05, 3.63) is 58.3 Å². The first-order valence-corrected chi connectivity index (χ1v) is 8.72. The second-order valence-corrected chi connectivity index (χ2v) is 6.82. The number of benzene rings is 1. The fourth-order valence-electron chi connectivity index (χ4n) is 2.64. The van der Waals surface area contributed by atoms with Crippen LogP contribution in [-0.2, 0) is 19.9 Å². The summed E-state index contributed by atoms with van der Waals surface area (Å²) in [6.45, 7) is 0.595. The number of hydrogen-bond donors (Lipinski definition) is 1. The molecule has 1 aromatic heterocycles. The van der Waals surface area contributed by atoms with Crippen LogP contribution in [0.2, 0.25) is 0 Å². The third-order valence-electron chi connectivity index (χ3n) is 4.07. The fraction of sp³-hybridized carbons (Fsp3) is 0.222. The van der Waals surface area contributed by atoms with Gasteiger partial charge in [0.05, 0.1) is 4.88 Å². The first-order valence-electron chi connectivity index (χ1n) is 7.84. The third-order valence-corrected chi connectivity index (χ3v) is 4.98. The lowest BCUT2D eigenvalue weighted by atomic mass is 9.92. The Hall–Kier alpha value is -3.00. The Bertz CT molecular complexity index is 850. The zero-order valence-electron chi connectivity index (χ0n) is 13.9. The van der Waals surface area contributed by atoms with E-state index in [1.54, 1.807) is 54.8 Å². The standard InChI is InChI=1S/C18H16N2O5S/c1-18(12-6-3-2-4-7-12)16(23)20(17(24)19-18)10-15(22)25-11-13(21)14-8-5-9-26-14/h2-9H,10-11H2,1H3,(H,19,24)/t18-/m0/s1. The number of ketones is 1. The predicted octanol–water partition coefficient (Wildman–Crippen LogP) is 1.94. The molecule has 1 aliphatic heterocycles. The molecule has 0 aliphatic carbocycles. The van der Waals surface area contributed by atoms with E-state index >= 15 is 0 Å². The highest BCUT2D eigenvalue weighted by Crippen LogP contribution is 2.28. The van der Waals surface area contributed by atoms with Crippen LogP contribution in [0.5, 0.6) is 0 Å². The Morgan fingerprint density at radius 3 is 2.54 bits per heavy atom. The largest absolute Gasteiger partial charge is 0.456 e. The topological polar surface area (TPSA) is 92.8 Å². The summed E-state index contributed by atoms with van der Waals surface area (Å²) in [6, 6.07) is 11.4. The third kappa shape index (κ3) is 3.36. The van der Waals surface area contributed by atoms with Crippen LogP contribution in [0.1, 0.15) is 22.2 Å². The molecule has 134 valence electrons. The monoisotopic (exact) mass is 372 g/mol. The van der Waals surface area contributed by atoms with Gasteiger partial charge < -0.3 is 10.1 Å². The number of imide groups is 1. The van der Waals surface area contributed by atoms with Crippen molar-refractivity contribution in [1.82, 2.24) is 10.2 Å². The van der Waals surface area contributed by atoms with Crippen molar-refractivity contribution < 1.29 is 23.9 Å². The molecule has 0 saturated carbocycles. The van der Waals surface area contributed by atoms with Crippen LogP contribution in [0.3, 0.4) is 0 Å². The Balaban J connectivity index is 1.63. The quantitative estimate of drug-likeness (QED) is 0.475. The zero-order chi connectivity index (χ0) is 18.7. The minimum absolute atomic E-state index is 0.334. The number of amides is 3. The van der Waals surface area contributed by atoms with Crippen LogP contribution in [0.15, 0.2) is 47.8 Å². The summed E-state index contributed by atoms with van der Waals surface area (Å²) >= 11 is 1.24. The van der Waals surface area contributed by atoms with Crippen molar-refractivity contribution in [2.75, 3.05) is 13.2 Å². The molecule has 1 aliphatic rings. The summed E-state index contributed by atoms with van der Waals surface area (Å²) < 4.78 is 4.90. The van der Waals surface area contributed by atoms with Gasteiger partial charge in [-0.15, -0.1) is 11.3 Å². The lowest BCUT2D eigenvalue weighted by Gasteiger charge is -2.21. The van der Waals surface area contributed by atoms with E-state index in [1.807, 2.05) is 0 Å². The van der Waals surface area contributed by atoms with Crippen LogP contribution in [0.25, 0.3) is 0 Å². The van der Waals surface area contributed by atoms with E-state index in [2.05, 4.69) is 5.32 Å². The maximum absolute atomic E-state index is 12.7. The minimum atomic E-state index is -1.24. The van der Waals surface area contributed by atoms with Crippen molar-refractivity contribution in [2.45, 2.75) is 12.5 Å². The lowest BCUT2D eigenvalue weighted by Crippen LogP contribution is -2.41. The molecule has 3 amide bonds. The van der Waals surface area contributed by atoms with Crippen molar-refractivity contribution in [1.29, 1.82) is 0 Å². The van der Waals surface area contributed by atoms with Gasteiger partial charge >= 0.3 is 12.0 Å². The van der Waals surface area contributed by atoms with Crippen molar-refractivity contribution >= 4 is 35.0 Å². The van der Waals surface area contributed by atoms with Gasteiger partial charge in [0.2, 0.25) is 5.78 Å². The Morgan fingerprint density at radius 1 is 1.15 bits per heavy atom. The molecule has 7 nitrogen and oxygen atoms in total. The number of thiophene rings is 1. The molecule has 0 spiro atoms. The summed E-state index contributed by atoms with van der Waals surface area (Å²) in [4.78, 5) is 49.9. The molecule has 1 saturated heterocycles. The van der Waals surface area contributed by atoms with E-state index in [1.165, 1.54) is 11.3 Å². The molecule has 0 bridgehead atoms. The number of hydrogen-bond acceptors (Lipinski definition) is 6. The maximum Gasteiger partial charge on any atom is 0.326 e. The number of esters is 1. The normalized spacial score (nSPS) is 19.3. The van der Waals surface area contributed by atoms with E-state index in [9.17, 15) is 19.2 Å². The van der Waals surface area contributed by atoms with Crippen LogP contribution < -0.4 is 5.32 Å². The van der Waals surface area contributed by atoms with E-state index in [0.717, 1.165) is 4.90 Å². The Kier molecular flexibility index (Phi) is 4.85. The molecule has 3 rings (SSSR count). The Morgan fingerprint density at radius 2 is 1.88 bits per heavy atom. The van der Waals surface area contributed by atoms with Gasteiger partial charge in [0.15, 0.2) is 6.61 Å². The summed E-state index contributed by atoms with van der Waals surface area (Å²) in [5.41, 5.74) is -0.632. The Labute approximate surface area is 153 Å².